The van der Waals surface area contributed by atoms with Crippen molar-refractivity contribution in [1.82, 2.24) is 4.41 Å². The van der Waals surface area contributed by atoms with Crippen LogP contribution in [0.1, 0.15) is 12.5 Å². The molecule has 94 valence electrons. The fourth-order valence-corrected chi connectivity index (χ4v) is 2.74. The number of aliphatic carboxylic acids is 1. The Balaban J connectivity index is 3.21. The maximum atomic E-state index is 12.0. The molecule has 0 heterocycles. The van der Waals surface area contributed by atoms with Gasteiger partial charge in [0.2, 0.25) is 0 Å². The number of sulfonamides is 1. The number of carboxylic acid groups (broad SMARTS) is 1. The molecule has 1 aromatic rings. The van der Waals surface area contributed by atoms with E-state index < -0.39 is 22.0 Å². The monoisotopic (exact) mass is 258 g/mol. The lowest BCUT2D eigenvalue weighted by Gasteiger charge is -2.21. The van der Waals surface area contributed by atoms with Crippen molar-refractivity contribution < 1.29 is 18.3 Å². The predicted molar refractivity (Wildman–Crippen MR) is 61.5 cm³/mol. The number of carboxylic acids is 1. The first-order valence-corrected chi connectivity index (χ1v) is 6.30. The van der Waals surface area contributed by atoms with Crippen LogP contribution in [0.4, 0.5) is 0 Å². The zero-order chi connectivity index (χ0) is 13.2. The molecule has 0 aliphatic heterocycles. The van der Waals surface area contributed by atoms with Gasteiger partial charge in [-0.1, -0.05) is 18.2 Å². The third kappa shape index (κ3) is 2.63. The van der Waals surface area contributed by atoms with E-state index in [4.69, 9.17) is 10.9 Å². The molecule has 0 aliphatic carbocycles. The number of aryl methyl sites for hydroxylation is 1. The molecule has 0 aliphatic rings. The molecule has 1 atom stereocenters. The van der Waals surface area contributed by atoms with Gasteiger partial charge < -0.3 is 5.11 Å². The number of rotatable bonds is 4. The molecule has 0 radical (unpaired) electrons. The Morgan fingerprint density at radius 3 is 2.41 bits per heavy atom. The Morgan fingerprint density at radius 2 is 1.94 bits per heavy atom. The predicted octanol–water partition coefficient (Wildman–Crippen LogP) is 0.333. The molecule has 3 N–H and O–H groups in total. The Morgan fingerprint density at radius 1 is 1.41 bits per heavy atom. The number of nitrogens with two attached hydrogens (primary N) is 1. The van der Waals surface area contributed by atoms with Gasteiger partial charge in [0.25, 0.3) is 10.0 Å². The second-order valence-corrected chi connectivity index (χ2v) is 5.43. The number of nitrogens with zero attached hydrogens (tertiary/aromatic N) is 1. The summed E-state index contributed by atoms with van der Waals surface area (Å²) < 4.78 is 24.4. The van der Waals surface area contributed by atoms with Gasteiger partial charge in [-0.2, -0.15) is 0 Å². The van der Waals surface area contributed by atoms with Gasteiger partial charge in [0.1, 0.15) is 6.04 Å². The van der Waals surface area contributed by atoms with Gasteiger partial charge in [0.05, 0.1) is 4.90 Å². The molecule has 0 spiro atoms. The van der Waals surface area contributed by atoms with E-state index in [1.807, 2.05) is 0 Å². The first-order valence-electron chi connectivity index (χ1n) is 4.86. The third-order valence-corrected chi connectivity index (χ3v) is 4.27. The largest absolute Gasteiger partial charge is 0.480 e. The van der Waals surface area contributed by atoms with Crippen molar-refractivity contribution in [3.05, 3.63) is 29.8 Å². The zero-order valence-corrected chi connectivity index (χ0v) is 10.3. The average molecular weight is 258 g/mol. The van der Waals surface area contributed by atoms with Crippen LogP contribution in [0.5, 0.6) is 0 Å². The van der Waals surface area contributed by atoms with Crippen LogP contribution >= 0.6 is 0 Å². The van der Waals surface area contributed by atoms with Crippen LogP contribution in [-0.4, -0.2) is 29.9 Å². The van der Waals surface area contributed by atoms with E-state index in [-0.39, 0.29) is 4.90 Å². The van der Waals surface area contributed by atoms with Gasteiger partial charge in [0.15, 0.2) is 0 Å². The van der Waals surface area contributed by atoms with Gasteiger partial charge in [-0.05, 0) is 25.5 Å². The number of hydrogen-bond acceptors (Lipinski definition) is 4. The first-order chi connectivity index (χ1) is 7.78. The molecule has 0 aromatic heterocycles. The van der Waals surface area contributed by atoms with Crippen LogP contribution in [0.25, 0.3) is 0 Å². The van der Waals surface area contributed by atoms with Crippen molar-refractivity contribution >= 4 is 16.0 Å². The summed E-state index contributed by atoms with van der Waals surface area (Å²) >= 11 is 0. The van der Waals surface area contributed by atoms with Crippen LogP contribution in [0.3, 0.4) is 0 Å². The summed E-state index contributed by atoms with van der Waals surface area (Å²) in [6.07, 6.45) is 0. The maximum Gasteiger partial charge on any atom is 0.323 e. The standard InChI is InChI=1S/C10H14N2O4S/c1-7-5-3-4-6-9(7)17(15,16)12(11)8(2)10(13)14/h3-6,8H,11H2,1-2H3,(H,13,14)/t8-/m0/s1. The lowest BCUT2D eigenvalue weighted by atomic mass is 10.2. The van der Waals surface area contributed by atoms with Gasteiger partial charge >= 0.3 is 5.97 Å². The summed E-state index contributed by atoms with van der Waals surface area (Å²) in [7, 11) is -3.98. The van der Waals surface area contributed by atoms with Crippen LogP contribution in [0, 0.1) is 6.92 Å². The molecule has 0 unspecified atom stereocenters. The van der Waals surface area contributed by atoms with Gasteiger partial charge in [0, 0.05) is 0 Å². The second kappa shape index (κ2) is 4.82. The highest BCUT2D eigenvalue weighted by atomic mass is 32.2. The molecular weight excluding hydrogens is 244 g/mol. The van der Waals surface area contributed by atoms with Gasteiger partial charge in [-0.25, -0.2) is 8.42 Å². The quantitative estimate of drug-likeness (QED) is 0.599. The SMILES string of the molecule is Cc1ccccc1S(=O)(=O)N(N)[C@@H](C)C(=O)O. The van der Waals surface area contributed by atoms with E-state index in [1.54, 1.807) is 25.1 Å². The minimum atomic E-state index is -3.98. The molecule has 0 saturated carbocycles. The van der Waals surface area contributed by atoms with Crippen molar-refractivity contribution in [3.8, 4) is 0 Å². The van der Waals surface area contributed by atoms with E-state index >= 15 is 0 Å². The van der Waals surface area contributed by atoms with E-state index in [1.165, 1.54) is 13.0 Å². The highest BCUT2D eigenvalue weighted by molar-refractivity contribution is 7.89. The minimum absolute atomic E-state index is 0.00981. The summed E-state index contributed by atoms with van der Waals surface area (Å²) in [5.74, 6) is 4.06. The maximum absolute atomic E-state index is 12.0. The Kier molecular flexibility index (Phi) is 3.87. The fraction of sp³-hybridized carbons (Fsp3) is 0.300. The normalized spacial score (nSPS) is 13.6. The van der Waals surface area contributed by atoms with Crippen LogP contribution in [-0.2, 0) is 14.8 Å². The molecule has 0 amide bonds. The van der Waals surface area contributed by atoms with Gasteiger partial charge in [-0.3, -0.25) is 10.6 Å². The van der Waals surface area contributed by atoms with Crippen molar-refractivity contribution in [3.63, 3.8) is 0 Å². The highest BCUT2D eigenvalue weighted by Gasteiger charge is 2.31. The van der Waals surface area contributed by atoms with E-state index in [9.17, 15) is 13.2 Å². The van der Waals surface area contributed by atoms with Crippen molar-refractivity contribution in [1.29, 1.82) is 0 Å². The Hall–Kier alpha value is -1.44. The summed E-state index contributed by atoms with van der Waals surface area (Å²) in [5, 5.41) is 8.75. The first kappa shape index (κ1) is 13.6. The van der Waals surface area contributed by atoms with Gasteiger partial charge in [-0.15, -0.1) is 4.41 Å². The molecule has 0 fully saturated rings. The topological polar surface area (TPSA) is 101 Å². The van der Waals surface area contributed by atoms with Crippen molar-refractivity contribution in [2.75, 3.05) is 0 Å². The Bertz CT molecular complexity index is 527. The van der Waals surface area contributed by atoms with Crippen LogP contribution < -0.4 is 5.84 Å². The van der Waals surface area contributed by atoms with Crippen LogP contribution in [0.2, 0.25) is 0 Å². The van der Waals surface area contributed by atoms with E-state index in [2.05, 4.69) is 0 Å². The summed E-state index contributed by atoms with van der Waals surface area (Å²) in [6, 6.07) is 4.93. The summed E-state index contributed by atoms with van der Waals surface area (Å²) in [5.41, 5.74) is 0.514. The second-order valence-electron chi connectivity index (χ2n) is 3.61. The average Bonchev–Trinajstić information content (AvgIpc) is 2.27. The molecule has 6 nitrogen and oxygen atoms in total. The number of benzene rings is 1. The molecule has 0 bridgehead atoms. The lowest BCUT2D eigenvalue weighted by Crippen LogP contribution is -2.47. The summed E-state index contributed by atoms with van der Waals surface area (Å²) in [6.45, 7) is 2.82. The lowest BCUT2D eigenvalue weighted by molar-refractivity contribution is -0.140. The smallest absolute Gasteiger partial charge is 0.323 e. The van der Waals surface area contributed by atoms with Crippen molar-refractivity contribution in [2.24, 2.45) is 5.84 Å². The summed E-state index contributed by atoms with van der Waals surface area (Å²) in [4.78, 5) is 10.7. The molecule has 1 aromatic carbocycles. The highest BCUT2D eigenvalue weighted by Crippen LogP contribution is 2.18. The van der Waals surface area contributed by atoms with Crippen molar-refractivity contribution in [2.45, 2.75) is 24.8 Å². The number of hydrogen-bond donors (Lipinski definition) is 2. The molecular formula is C10H14N2O4S. The molecule has 0 saturated heterocycles. The number of carbonyl (C=O) groups is 1. The molecule has 7 heteroatoms. The molecule has 17 heavy (non-hydrogen) atoms. The van der Waals surface area contributed by atoms with Crippen LogP contribution in [0.15, 0.2) is 29.2 Å². The minimum Gasteiger partial charge on any atom is -0.480 e. The Labute approximate surface area is 99.7 Å². The zero-order valence-electron chi connectivity index (χ0n) is 9.49. The van der Waals surface area contributed by atoms with E-state index in [0.29, 0.717) is 9.98 Å². The third-order valence-electron chi connectivity index (χ3n) is 2.39. The number of hydrazine groups is 1. The van der Waals surface area contributed by atoms with E-state index in [0.717, 1.165) is 0 Å². The molecule has 1 rings (SSSR count). The fourth-order valence-electron chi connectivity index (χ4n) is 1.28.